The van der Waals surface area contributed by atoms with Crippen LogP contribution in [0.1, 0.15) is 36.3 Å². The Bertz CT molecular complexity index is 616. The summed E-state index contributed by atoms with van der Waals surface area (Å²) < 4.78 is 0. The largest absolute Gasteiger partial charge is 0.481 e. The second kappa shape index (κ2) is 8.87. The van der Waals surface area contributed by atoms with Crippen LogP contribution in [0.15, 0.2) is 60.7 Å². The van der Waals surface area contributed by atoms with Gasteiger partial charge in [0.05, 0.1) is 0 Å². The molecule has 2 aromatic rings. The van der Waals surface area contributed by atoms with Gasteiger partial charge in [-0.2, -0.15) is 0 Å². The van der Waals surface area contributed by atoms with Crippen molar-refractivity contribution >= 4 is 11.9 Å². The Morgan fingerprint density at radius 2 is 1.46 bits per heavy atom. The highest BCUT2D eigenvalue weighted by atomic mass is 16.4. The lowest BCUT2D eigenvalue weighted by Crippen LogP contribution is -2.29. The maximum Gasteiger partial charge on any atom is 0.303 e. The number of aliphatic carboxylic acids is 1. The summed E-state index contributed by atoms with van der Waals surface area (Å²) in [6.45, 7) is 0.460. The number of carboxylic acids is 1. The molecule has 0 saturated carbocycles. The molecule has 0 aliphatic heterocycles. The number of rotatable bonds is 8. The molecule has 1 amide bonds. The maximum absolute atomic E-state index is 12.6. The van der Waals surface area contributed by atoms with Crippen LogP contribution in [0.4, 0.5) is 0 Å². The quantitative estimate of drug-likeness (QED) is 0.808. The standard InChI is InChI=1S/C20H23NO3/c1-21(14-8-13-20(23)24)19(22)15-18(16-9-4-2-5-10-16)17-11-6-3-7-12-17/h2-7,9-12,18H,8,13-15H2,1H3,(H,23,24). The number of hydrogen-bond donors (Lipinski definition) is 1. The van der Waals surface area contributed by atoms with Gasteiger partial charge in [0.2, 0.25) is 5.91 Å². The Morgan fingerprint density at radius 3 is 1.92 bits per heavy atom. The van der Waals surface area contributed by atoms with Crippen molar-refractivity contribution in [2.75, 3.05) is 13.6 Å². The van der Waals surface area contributed by atoms with Crippen LogP contribution >= 0.6 is 0 Å². The Hall–Kier alpha value is -2.62. The molecule has 0 bridgehead atoms. The monoisotopic (exact) mass is 325 g/mol. The van der Waals surface area contributed by atoms with Crippen LogP contribution in [-0.4, -0.2) is 35.5 Å². The molecule has 0 aliphatic carbocycles. The lowest BCUT2D eigenvalue weighted by molar-refractivity contribution is -0.138. The highest BCUT2D eigenvalue weighted by Gasteiger charge is 2.20. The van der Waals surface area contributed by atoms with E-state index in [0.717, 1.165) is 11.1 Å². The van der Waals surface area contributed by atoms with Crippen LogP contribution in [0.2, 0.25) is 0 Å². The van der Waals surface area contributed by atoms with Crippen molar-refractivity contribution in [3.63, 3.8) is 0 Å². The fourth-order valence-electron chi connectivity index (χ4n) is 2.72. The minimum Gasteiger partial charge on any atom is -0.481 e. The minimum atomic E-state index is -0.831. The molecule has 126 valence electrons. The van der Waals surface area contributed by atoms with Crippen molar-refractivity contribution < 1.29 is 14.7 Å². The van der Waals surface area contributed by atoms with Gasteiger partial charge in [0.1, 0.15) is 0 Å². The molecule has 4 heteroatoms. The highest BCUT2D eigenvalue weighted by molar-refractivity contribution is 5.77. The zero-order chi connectivity index (χ0) is 17.4. The van der Waals surface area contributed by atoms with Crippen molar-refractivity contribution in [3.05, 3.63) is 71.8 Å². The van der Waals surface area contributed by atoms with Gasteiger partial charge in [-0.1, -0.05) is 60.7 Å². The van der Waals surface area contributed by atoms with Crippen molar-refractivity contribution in [2.45, 2.75) is 25.2 Å². The predicted octanol–water partition coefficient (Wildman–Crippen LogP) is 3.53. The van der Waals surface area contributed by atoms with Crippen molar-refractivity contribution in [3.8, 4) is 0 Å². The summed E-state index contributed by atoms with van der Waals surface area (Å²) in [7, 11) is 1.73. The van der Waals surface area contributed by atoms with E-state index in [0.29, 0.717) is 19.4 Å². The van der Waals surface area contributed by atoms with Crippen molar-refractivity contribution in [1.82, 2.24) is 4.90 Å². The minimum absolute atomic E-state index is 0.00169. The summed E-state index contributed by atoms with van der Waals surface area (Å²) in [6.07, 6.45) is 0.926. The Balaban J connectivity index is 2.08. The summed E-state index contributed by atoms with van der Waals surface area (Å²) >= 11 is 0. The summed E-state index contributed by atoms with van der Waals surface area (Å²) in [5.74, 6) is -0.804. The SMILES string of the molecule is CN(CCCC(=O)O)C(=O)CC(c1ccccc1)c1ccccc1. The van der Waals surface area contributed by atoms with E-state index in [-0.39, 0.29) is 18.2 Å². The molecule has 0 heterocycles. The average Bonchev–Trinajstić information content (AvgIpc) is 2.60. The van der Waals surface area contributed by atoms with Gasteiger partial charge >= 0.3 is 5.97 Å². The maximum atomic E-state index is 12.6. The molecule has 0 saturated heterocycles. The second-order valence-corrected chi connectivity index (χ2v) is 5.89. The summed E-state index contributed by atoms with van der Waals surface area (Å²) in [5, 5.41) is 8.70. The number of carbonyl (C=O) groups excluding carboxylic acids is 1. The number of carbonyl (C=O) groups is 2. The highest BCUT2D eigenvalue weighted by Crippen LogP contribution is 2.28. The number of carboxylic acid groups (broad SMARTS) is 1. The third kappa shape index (κ3) is 5.23. The Morgan fingerprint density at radius 1 is 0.958 bits per heavy atom. The molecule has 4 nitrogen and oxygen atoms in total. The van der Waals surface area contributed by atoms with E-state index >= 15 is 0 Å². The van der Waals surface area contributed by atoms with Crippen LogP contribution in [-0.2, 0) is 9.59 Å². The molecule has 2 rings (SSSR count). The van der Waals surface area contributed by atoms with Gasteiger partial charge in [-0.15, -0.1) is 0 Å². The van der Waals surface area contributed by atoms with Gasteiger partial charge in [-0.3, -0.25) is 9.59 Å². The normalized spacial score (nSPS) is 10.6. The fourth-order valence-corrected chi connectivity index (χ4v) is 2.72. The van der Waals surface area contributed by atoms with E-state index in [1.807, 2.05) is 60.7 Å². The molecule has 0 aromatic heterocycles. The molecule has 0 aliphatic rings. The fraction of sp³-hybridized carbons (Fsp3) is 0.300. The van der Waals surface area contributed by atoms with Crippen LogP contribution in [0.5, 0.6) is 0 Å². The molecule has 0 radical (unpaired) electrons. The number of amides is 1. The molecule has 0 unspecified atom stereocenters. The second-order valence-electron chi connectivity index (χ2n) is 5.89. The molecule has 0 fully saturated rings. The molecule has 0 spiro atoms. The van der Waals surface area contributed by atoms with E-state index in [4.69, 9.17) is 5.11 Å². The topological polar surface area (TPSA) is 57.6 Å². The zero-order valence-corrected chi connectivity index (χ0v) is 13.9. The molecular weight excluding hydrogens is 302 g/mol. The summed E-state index contributed by atoms with van der Waals surface area (Å²) in [4.78, 5) is 24.8. The number of hydrogen-bond acceptors (Lipinski definition) is 2. The van der Waals surface area contributed by atoms with Crippen LogP contribution < -0.4 is 0 Å². The predicted molar refractivity (Wildman–Crippen MR) is 93.9 cm³/mol. The molecule has 0 atom stereocenters. The summed E-state index contributed by atoms with van der Waals surface area (Å²) in [6, 6.07) is 20.0. The molecule has 1 N–H and O–H groups in total. The first kappa shape index (κ1) is 17.7. The Kier molecular flexibility index (Phi) is 6.55. The van der Waals surface area contributed by atoms with E-state index in [2.05, 4.69) is 0 Å². The first-order valence-corrected chi connectivity index (χ1v) is 8.13. The first-order chi connectivity index (χ1) is 11.6. The van der Waals surface area contributed by atoms with Gasteiger partial charge in [-0.05, 0) is 17.5 Å². The van der Waals surface area contributed by atoms with Gasteiger partial charge in [0.25, 0.3) is 0 Å². The van der Waals surface area contributed by atoms with Crippen LogP contribution in [0.25, 0.3) is 0 Å². The first-order valence-electron chi connectivity index (χ1n) is 8.13. The number of benzene rings is 2. The van der Waals surface area contributed by atoms with E-state index in [9.17, 15) is 9.59 Å². The number of nitrogens with zero attached hydrogens (tertiary/aromatic N) is 1. The van der Waals surface area contributed by atoms with Crippen LogP contribution in [0.3, 0.4) is 0 Å². The molecule has 2 aromatic carbocycles. The average molecular weight is 325 g/mol. The van der Waals surface area contributed by atoms with Gasteiger partial charge < -0.3 is 10.0 Å². The lowest BCUT2D eigenvalue weighted by atomic mass is 9.88. The third-order valence-corrected chi connectivity index (χ3v) is 4.09. The van der Waals surface area contributed by atoms with E-state index < -0.39 is 5.97 Å². The van der Waals surface area contributed by atoms with Gasteiger partial charge in [0.15, 0.2) is 0 Å². The van der Waals surface area contributed by atoms with E-state index in [1.54, 1.807) is 11.9 Å². The molecular formula is C20H23NO3. The third-order valence-electron chi connectivity index (χ3n) is 4.09. The van der Waals surface area contributed by atoms with Gasteiger partial charge in [0, 0.05) is 32.4 Å². The Labute approximate surface area is 142 Å². The van der Waals surface area contributed by atoms with E-state index in [1.165, 1.54) is 0 Å². The zero-order valence-electron chi connectivity index (χ0n) is 13.9. The summed E-state index contributed by atoms with van der Waals surface area (Å²) in [5.41, 5.74) is 2.21. The van der Waals surface area contributed by atoms with Crippen LogP contribution in [0, 0.1) is 0 Å². The van der Waals surface area contributed by atoms with Crippen molar-refractivity contribution in [1.29, 1.82) is 0 Å². The van der Waals surface area contributed by atoms with Crippen molar-refractivity contribution in [2.24, 2.45) is 0 Å². The smallest absolute Gasteiger partial charge is 0.303 e. The lowest BCUT2D eigenvalue weighted by Gasteiger charge is -2.22. The van der Waals surface area contributed by atoms with Gasteiger partial charge in [-0.25, -0.2) is 0 Å². The molecule has 24 heavy (non-hydrogen) atoms.